The van der Waals surface area contributed by atoms with Crippen LogP contribution < -0.4 is 9.47 Å². The zero-order chi connectivity index (χ0) is 20.5. The number of carboxylic acid groups (broad SMARTS) is 1. The number of benzene rings is 3. The first kappa shape index (κ1) is 20.7. The topological polar surface area (TPSA) is 55.8 Å². The summed E-state index contributed by atoms with van der Waals surface area (Å²) in [5, 5.41) is 11.0. The van der Waals surface area contributed by atoms with E-state index in [4.69, 9.17) is 14.6 Å². The van der Waals surface area contributed by atoms with E-state index in [0.717, 1.165) is 60.1 Å². The Labute approximate surface area is 172 Å². The maximum absolute atomic E-state index is 10.5. The fraction of sp³-hybridized carbons (Fsp3) is 0.320. The van der Waals surface area contributed by atoms with Crippen LogP contribution in [-0.4, -0.2) is 24.8 Å². The quantitative estimate of drug-likeness (QED) is 0.388. The van der Waals surface area contributed by atoms with Crippen molar-refractivity contribution in [3.8, 4) is 22.6 Å². The van der Waals surface area contributed by atoms with Crippen LogP contribution in [0.2, 0.25) is 0 Å². The fourth-order valence-electron chi connectivity index (χ4n) is 3.40. The molecule has 0 spiro atoms. The molecule has 0 aromatic heterocycles. The lowest BCUT2D eigenvalue weighted by Gasteiger charge is -2.10. The van der Waals surface area contributed by atoms with Crippen LogP contribution in [0.3, 0.4) is 0 Å². The summed E-state index contributed by atoms with van der Waals surface area (Å²) in [5.74, 6) is 1.02. The van der Waals surface area contributed by atoms with Crippen LogP contribution >= 0.6 is 0 Å². The van der Waals surface area contributed by atoms with E-state index in [1.807, 2.05) is 18.2 Å². The van der Waals surface area contributed by atoms with Crippen molar-refractivity contribution in [1.29, 1.82) is 0 Å². The SMILES string of the molecule is COc1ccc2ccc(-c3cccc(OCCCCCCCC(=O)O)c3)cc2c1. The maximum Gasteiger partial charge on any atom is 0.303 e. The highest BCUT2D eigenvalue weighted by atomic mass is 16.5. The van der Waals surface area contributed by atoms with Gasteiger partial charge in [-0.25, -0.2) is 0 Å². The molecule has 3 aromatic carbocycles. The number of aliphatic carboxylic acids is 1. The molecule has 0 saturated heterocycles. The van der Waals surface area contributed by atoms with Crippen molar-refractivity contribution in [2.75, 3.05) is 13.7 Å². The molecule has 0 fully saturated rings. The summed E-state index contributed by atoms with van der Waals surface area (Å²) in [7, 11) is 1.68. The largest absolute Gasteiger partial charge is 0.497 e. The van der Waals surface area contributed by atoms with Crippen molar-refractivity contribution in [3.05, 3.63) is 60.7 Å². The molecule has 1 N–H and O–H groups in total. The highest BCUT2D eigenvalue weighted by molar-refractivity contribution is 5.88. The number of ether oxygens (including phenoxy) is 2. The second-order valence-electron chi connectivity index (χ2n) is 7.22. The third-order valence-corrected chi connectivity index (χ3v) is 5.02. The van der Waals surface area contributed by atoms with Crippen LogP contribution in [-0.2, 0) is 4.79 Å². The molecule has 0 aliphatic carbocycles. The Kier molecular flexibility index (Phi) is 7.51. The lowest BCUT2D eigenvalue weighted by molar-refractivity contribution is -0.137. The molecule has 0 aliphatic heterocycles. The maximum atomic E-state index is 10.5. The molecule has 0 aliphatic rings. The van der Waals surface area contributed by atoms with Gasteiger partial charge in [0.2, 0.25) is 0 Å². The van der Waals surface area contributed by atoms with E-state index in [1.165, 1.54) is 5.39 Å². The average Bonchev–Trinajstić information content (AvgIpc) is 2.74. The molecule has 0 atom stereocenters. The third kappa shape index (κ3) is 6.24. The van der Waals surface area contributed by atoms with E-state index in [1.54, 1.807) is 7.11 Å². The summed E-state index contributed by atoms with van der Waals surface area (Å²) in [4.78, 5) is 10.5. The summed E-state index contributed by atoms with van der Waals surface area (Å²) in [6.07, 6.45) is 5.09. The smallest absolute Gasteiger partial charge is 0.303 e. The molecule has 0 radical (unpaired) electrons. The van der Waals surface area contributed by atoms with Gasteiger partial charge < -0.3 is 14.6 Å². The Hall–Kier alpha value is -3.01. The monoisotopic (exact) mass is 392 g/mol. The summed E-state index contributed by atoms with van der Waals surface area (Å²) in [6.45, 7) is 0.678. The number of carbonyl (C=O) groups is 1. The van der Waals surface area contributed by atoms with Crippen LogP contribution in [0.4, 0.5) is 0 Å². The van der Waals surface area contributed by atoms with Gasteiger partial charge in [0.15, 0.2) is 0 Å². The molecule has 0 unspecified atom stereocenters. The molecule has 0 bridgehead atoms. The van der Waals surface area contributed by atoms with Gasteiger partial charge in [0.05, 0.1) is 13.7 Å². The Bertz CT molecular complexity index is 948. The second kappa shape index (κ2) is 10.5. The minimum atomic E-state index is -0.709. The van der Waals surface area contributed by atoms with E-state index in [2.05, 4.69) is 42.5 Å². The van der Waals surface area contributed by atoms with Crippen molar-refractivity contribution >= 4 is 16.7 Å². The van der Waals surface area contributed by atoms with Crippen molar-refractivity contribution < 1.29 is 19.4 Å². The third-order valence-electron chi connectivity index (χ3n) is 5.02. The Morgan fingerprint density at radius 2 is 1.55 bits per heavy atom. The van der Waals surface area contributed by atoms with E-state index in [0.29, 0.717) is 6.61 Å². The van der Waals surface area contributed by atoms with Gasteiger partial charge in [-0.3, -0.25) is 4.79 Å². The number of carboxylic acids is 1. The molecule has 3 rings (SSSR count). The van der Waals surface area contributed by atoms with Crippen LogP contribution in [0.5, 0.6) is 11.5 Å². The lowest BCUT2D eigenvalue weighted by Crippen LogP contribution is -1.98. The fourth-order valence-corrected chi connectivity index (χ4v) is 3.40. The summed E-state index contributed by atoms with van der Waals surface area (Å²) >= 11 is 0. The first-order valence-electron chi connectivity index (χ1n) is 10.2. The van der Waals surface area contributed by atoms with Gasteiger partial charge in [-0.1, -0.05) is 49.6 Å². The molecular formula is C25H28O4. The van der Waals surface area contributed by atoms with Crippen LogP contribution in [0, 0.1) is 0 Å². The number of unbranched alkanes of at least 4 members (excludes halogenated alkanes) is 4. The summed E-state index contributed by atoms with van der Waals surface area (Å²) in [5.41, 5.74) is 2.27. The molecule has 29 heavy (non-hydrogen) atoms. The Morgan fingerprint density at radius 3 is 2.38 bits per heavy atom. The van der Waals surface area contributed by atoms with E-state index in [9.17, 15) is 4.79 Å². The molecule has 0 amide bonds. The van der Waals surface area contributed by atoms with E-state index in [-0.39, 0.29) is 6.42 Å². The second-order valence-corrected chi connectivity index (χ2v) is 7.22. The predicted molar refractivity (Wildman–Crippen MR) is 117 cm³/mol. The lowest BCUT2D eigenvalue weighted by atomic mass is 10.0. The first-order valence-corrected chi connectivity index (χ1v) is 10.2. The number of hydrogen-bond acceptors (Lipinski definition) is 3. The zero-order valence-corrected chi connectivity index (χ0v) is 16.9. The van der Waals surface area contributed by atoms with Gasteiger partial charge in [-0.05, 0) is 65.1 Å². The first-order chi connectivity index (χ1) is 14.2. The van der Waals surface area contributed by atoms with Gasteiger partial charge in [0, 0.05) is 6.42 Å². The minimum absolute atomic E-state index is 0.269. The molecule has 0 saturated carbocycles. The average molecular weight is 392 g/mol. The Balaban J connectivity index is 1.54. The van der Waals surface area contributed by atoms with Crippen LogP contribution in [0.1, 0.15) is 38.5 Å². The van der Waals surface area contributed by atoms with Gasteiger partial charge >= 0.3 is 5.97 Å². The van der Waals surface area contributed by atoms with Gasteiger partial charge in [0.25, 0.3) is 0 Å². The highest BCUT2D eigenvalue weighted by Crippen LogP contribution is 2.29. The molecule has 4 nitrogen and oxygen atoms in total. The zero-order valence-electron chi connectivity index (χ0n) is 16.9. The number of methoxy groups -OCH3 is 1. The molecule has 4 heteroatoms. The molecule has 152 valence electrons. The number of rotatable bonds is 11. The number of hydrogen-bond donors (Lipinski definition) is 1. The number of fused-ring (bicyclic) bond motifs is 1. The van der Waals surface area contributed by atoms with Gasteiger partial charge in [-0.15, -0.1) is 0 Å². The minimum Gasteiger partial charge on any atom is -0.497 e. The normalized spacial score (nSPS) is 10.8. The molecular weight excluding hydrogens is 364 g/mol. The van der Waals surface area contributed by atoms with Crippen LogP contribution in [0.15, 0.2) is 60.7 Å². The summed E-state index contributed by atoms with van der Waals surface area (Å²) in [6, 6.07) is 20.7. The van der Waals surface area contributed by atoms with Gasteiger partial charge in [0.1, 0.15) is 11.5 Å². The molecule has 3 aromatic rings. The van der Waals surface area contributed by atoms with Crippen molar-refractivity contribution in [3.63, 3.8) is 0 Å². The van der Waals surface area contributed by atoms with Crippen molar-refractivity contribution in [2.45, 2.75) is 38.5 Å². The highest BCUT2D eigenvalue weighted by Gasteiger charge is 2.04. The predicted octanol–water partition coefficient (Wildman–Crippen LogP) is 6.32. The summed E-state index contributed by atoms with van der Waals surface area (Å²) < 4.78 is 11.3. The molecule has 0 heterocycles. The Morgan fingerprint density at radius 1 is 0.793 bits per heavy atom. The van der Waals surface area contributed by atoms with Crippen LogP contribution in [0.25, 0.3) is 21.9 Å². The van der Waals surface area contributed by atoms with E-state index < -0.39 is 5.97 Å². The standard InChI is InChI=1S/C25H28O4/c1-28-23-14-13-19-11-12-21(16-22(19)18-23)20-8-7-9-24(17-20)29-15-6-4-2-3-5-10-25(26)27/h7-9,11-14,16-18H,2-6,10,15H2,1H3,(H,26,27). The van der Waals surface area contributed by atoms with Crippen molar-refractivity contribution in [1.82, 2.24) is 0 Å². The van der Waals surface area contributed by atoms with E-state index >= 15 is 0 Å². The van der Waals surface area contributed by atoms with Crippen molar-refractivity contribution in [2.24, 2.45) is 0 Å². The van der Waals surface area contributed by atoms with Gasteiger partial charge in [-0.2, -0.15) is 0 Å².